The number of thiophene rings is 1. The lowest BCUT2D eigenvalue weighted by Crippen LogP contribution is -2.14. The minimum absolute atomic E-state index is 0.0956. The summed E-state index contributed by atoms with van der Waals surface area (Å²) in [5.41, 5.74) is -0.492. The molecular weight excluding hydrogens is 319 g/mol. The van der Waals surface area contributed by atoms with Crippen LogP contribution >= 0.6 is 22.9 Å². The van der Waals surface area contributed by atoms with Gasteiger partial charge in [-0.1, -0.05) is 17.7 Å². The van der Waals surface area contributed by atoms with Crippen molar-refractivity contribution in [2.45, 2.75) is 31.6 Å². The molecule has 112 valence electrons. The van der Waals surface area contributed by atoms with Crippen LogP contribution in [0, 0.1) is 0 Å². The minimum Gasteiger partial charge on any atom is -0.309 e. The molecule has 0 atom stereocenters. The molecule has 2 aromatic rings. The van der Waals surface area contributed by atoms with E-state index in [0.717, 1.165) is 10.9 Å². The number of nitrogens with one attached hydrogen (secondary N) is 1. The Balaban J connectivity index is 1.88. The molecule has 1 aromatic carbocycles. The van der Waals surface area contributed by atoms with E-state index < -0.39 is 11.7 Å². The first-order valence-corrected chi connectivity index (χ1v) is 7.82. The Morgan fingerprint density at radius 3 is 2.62 bits per heavy atom. The highest BCUT2D eigenvalue weighted by molar-refractivity contribution is 7.15. The third kappa shape index (κ3) is 3.59. The number of benzene rings is 1. The van der Waals surface area contributed by atoms with E-state index in [2.05, 4.69) is 5.32 Å². The van der Waals surface area contributed by atoms with Crippen LogP contribution in [-0.4, -0.2) is 6.04 Å². The van der Waals surface area contributed by atoms with Crippen molar-refractivity contribution in [2.75, 3.05) is 0 Å². The molecule has 1 aliphatic rings. The first kappa shape index (κ1) is 14.9. The van der Waals surface area contributed by atoms with E-state index in [0.29, 0.717) is 17.5 Å². The SMILES string of the molecule is FC(F)(F)c1cc(Cl)ccc1-c1ccc(CNC2CC2)s1. The summed E-state index contributed by atoms with van der Waals surface area (Å²) in [4.78, 5) is 1.66. The summed E-state index contributed by atoms with van der Waals surface area (Å²) in [7, 11) is 0. The highest BCUT2D eigenvalue weighted by Gasteiger charge is 2.34. The van der Waals surface area contributed by atoms with E-state index >= 15 is 0 Å². The van der Waals surface area contributed by atoms with Crippen molar-refractivity contribution in [3.05, 3.63) is 45.8 Å². The Hall–Kier alpha value is -1.04. The van der Waals surface area contributed by atoms with Gasteiger partial charge in [0, 0.05) is 32.9 Å². The molecule has 0 unspecified atom stereocenters. The van der Waals surface area contributed by atoms with Crippen LogP contribution in [0.2, 0.25) is 5.02 Å². The fraction of sp³-hybridized carbons (Fsp3) is 0.333. The van der Waals surface area contributed by atoms with Gasteiger partial charge in [0.1, 0.15) is 0 Å². The molecular formula is C15H13ClF3NS. The van der Waals surface area contributed by atoms with E-state index in [1.54, 1.807) is 6.07 Å². The first-order valence-electron chi connectivity index (χ1n) is 6.63. The molecule has 0 aliphatic heterocycles. The minimum atomic E-state index is -4.41. The average Bonchev–Trinajstić information content (AvgIpc) is 3.13. The monoisotopic (exact) mass is 331 g/mol. The zero-order valence-electron chi connectivity index (χ0n) is 11.0. The Morgan fingerprint density at radius 1 is 1.19 bits per heavy atom. The molecule has 1 saturated carbocycles. The van der Waals surface area contributed by atoms with Crippen LogP contribution in [0.3, 0.4) is 0 Å². The van der Waals surface area contributed by atoms with Crippen molar-refractivity contribution < 1.29 is 13.2 Å². The van der Waals surface area contributed by atoms with Crippen LogP contribution in [0.15, 0.2) is 30.3 Å². The van der Waals surface area contributed by atoms with Crippen molar-refractivity contribution in [3.8, 4) is 10.4 Å². The lowest BCUT2D eigenvalue weighted by Gasteiger charge is -2.12. The van der Waals surface area contributed by atoms with Gasteiger partial charge >= 0.3 is 6.18 Å². The molecule has 0 bridgehead atoms. The molecule has 0 saturated heterocycles. The summed E-state index contributed by atoms with van der Waals surface area (Å²) in [6.07, 6.45) is -2.03. The molecule has 3 rings (SSSR count). The normalized spacial score (nSPS) is 15.4. The van der Waals surface area contributed by atoms with Gasteiger partial charge in [0.15, 0.2) is 0 Å². The van der Waals surface area contributed by atoms with Gasteiger partial charge in [0.25, 0.3) is 0 Å². The van der Waals surface area contributed by atoms with Gasteiger partial charge < -0.3 is 5.32 Å². The lowest BCUT2D eigenvalue weighted by atomic mass is 10.1. The Kier molecular flexibility index (Phi) is 3.99. The van der Waals surface area contributed by atoms with Gasteiger partial charge in [-0.25, -0.2) is 0 Å². The van der Waals surface area contributed by atoms with E-state index in [1.807, 2.05) is 6.07 Å². The lowest BCUT2D eigenvalue weighted by molar-refractivity contribution is -0.137. The summed E-state index contributed by atoms with van der Waals surface area (Å²) in [6.45, 7) is 0.713. The molecule has 1 aromatic heterocycles. The van der Waals surface area contributed by atoms with Crippen LogP contribution in [-0.2, 0) is 12.7 Å². The maximum atomic E-state index is 13.1. The van der Waals surface area contributed by atoms with Gasteiger partial charge in [0.2, 0.25) is 0 Å². The fourth-order valence-corrected chi connectivity index (χ4v) is 3.29. The number of alkyl halides is 3. The molecule has 1 N–H and O–H groups in total. The quantitative estimate of drug-likeness (QED) is 0.797. The highest BCUT2D eigenvalue weighted by atomic mass is 35.5. The second-order valence-corrected chi connectivity index (χ2v) is 6.71. The summed E-state index contributed by atoms with van der Waals surface area (Å²) >= 11 is 7.09. The Bertz CT molecular complexity index is 647. The van der Waals surface area contributed by atoms with Crippen LogP contribution in [0.4, 0.5) is 13.2 Å². The molecule has 0 spiro atoms. The van der Waals surface area contributed by atoms with Crippen LogP contribution in [0.5, 0.6) is 0 Å². The predicted molar refractivity (Wildman–Crippen MR) is 79.6 cm³/mol. The predicted octanol–water partition coefficient (Wildman–Crippen LogP) is 5.34. The molecule has 6 heteroatoms. The number of hydrogen-bond donors (Lipinski definition) is 1. The van der Waals surface area contributed by atoms with Crippen molar-refractivity contribution >= 4 is 22.9 Å². The molecule has 1 heterocycles. The third-order valence-corrected chi connectivity index (χ3v) is 4.71. The Labute approximate surface area is 129 Å². The van der Waals surface area contributed by atoms with Gasteiger partial charge in [-0.05, 0) is 37.1 Å². The smallest absolute Gasteiger partial charge is 0.309 e. The topological polar surface area (TPSA) is 12.0 Å². The van der Waals surface area contributed by atoms with E-state index in [9.17, 15) is 13.2 Å². The van der Waals surface area contributed by atoms with Gasteiger partial charge in [-0.15, -0.1) is 11.3 Å². The zero-order chi connectivity index (χ0) is 15.0. The molecule has 21 heavy (non-hydrogen) atoms. The van der Waals surface area contributed by atoms with Crippen LogP contribution in [0.1, 0.15) is 23.3 Å². The largest absolute Gasteiger partial charge is 0.417 e. The molecule has 1 aliphatic carbocycles. The van der Waals surface area contributed by atoms with Gasteiger partial charge in [-0.2, -0.15) is 13.2 Å². The van der Waals surface area contributed by atoms with E-state index in [4.69, 9.17) is 11.6 Å². The summed E-state index contributed by atoms with van der Waals surface area (Å²) in [6, 6.07) is 8.12. The second-order valence-electron chi connectivity index (χ2n) is 5.11. The standard InChI is InChI=1S/C15H13ClF3NS/c16-9-1-5-12(13(7-9)15(17,18)19)14-6-4-11(21-14)8-20-10-2-3-10/h1,4-7,10,20H,2-3,8H2. The molecule has 1 nitrogen and oxygen atoms in total. The maximum Gasteiger partial charge on any atom is 0.417 e. The van der Waals surface area contributed by atoms with Crippen LogP contribution in [0.25, 0.3) is 10.4 Å². The van der Waals surface area contributed by atoms with Crippen molar-refractivity contribution in [3.63, 3.8) is 0 Å². The number of hydrogen-bond acceptors (Lipinski definition) is 2. The van der Waals surface area contributed by atoms with E-state index in [1.165, 1.54) is 36.3 Å². The van der Waals surface area contributed by atoms with Gasteiger partial charge in [-0.3, -0.25) is 0 Å². The molecule has 1 fully saturated rings. The third-order valence-electron chi connectivity index (χ3n) is 3.36. The van der Waals surface area contributed by atoms with E-state index in [-0.39, 0.29) is 10.6 Å². The van der Waals surface area contributed by atoms with Crippen molar-refractivity contribution in [1.82, 2.24) is 5.32 Å². The average molecular weight is 332 g/mol. The number of rotatable bonds is 4. The summed E-state index contributed by atoms with van der Waals surface area (Å²) in [5.74, 6) is 0. The zero-order valence-corrected chi connectivity index (χ0v) is 12.6. The second kappa shape index (κ2) is 5.63. The fourth-order valence-electron chi connectivity index (χ4n) is 2.12. The van der Waals surface area contributed by atoms with Gasteiger partial charge in [0.05, 0.1) is 5.56 Å². The first-order chi connectivity index (χ1) is 9.93. The number of halogens is 4. The van der Waals surface area contributed by atoms with Crippen molar-refractivity contribution in [2.24, 2.45) is 0 Å². The van der Waals surface area contributed by atoms with Crippen LogP contribution < -0.4 is 5.32 Å². The molecule has 0 amide bonds. The highest BCUT2D eigenvalue weighted by Crippen LogP contribution is 2.40. The maximum absolute atomic E-state index is 13.1. The summed E-state index contributed by atoms with van der Waals surface area (Å²) < 4.78 is 39.3. The Morgan fingerprint density at radius 2 is 1.95 bits per heavy atom. The van der Waals surface area contributed by atoms with Crippen molar-refractivity contribution in [1.29, 1.82) is 0 Å². The summed E-state index contributed by atoms with van der Waals surface area (Å²) in [5, 5.41) is 3.45. The molecule has 0 radical (unpaired) electrons.